The highest BCUT2D eigenvalue weighted by Crippen LogP contribution is 2.29. The molecule has 110 valence electrons. The van der Waals surface area contributed by atoms with Gasteiger partial charge in [-0.2, -0.15) is 0 Å². The number of nitrogens with one attached hydrogen (secondary N) is 1. The van der Waals surface area contributed by atoms with Gasteiger partial charge in [-0.05, 0) is 29.7 Å². The molecule has 0 heterocycles. The number of anilines is 1. The summed E-state index contributed by atoms with van der Waals surface area (Å²) in [6.45, 7) is 0. The van der Waals surface area contributed by atoms with E-state index >= 15 is 0 Å². The normalized spacial score (nSPS) is 10.5. The summed E-state index contributed by atoms with van der Waals surface area (Å²) in [5.74, 6) is -0.129. The van der Waals surface area contributed by atoms with Gasteiger partial charge in [0.25, 0.3) is 5.91 Å². The van der Waals surface area contributed by atoms with Gasteiger partial charge < -0.3 is 10.1 Å². The second-order valence-electron chi connectivity index (χ2n) is 4.79. The van der Waals surface area contributed by atoms with E-state index in [1.807, 2.05) is 24.3 Å². The number of halogens is 1. The second-order valence-corrected chi connectivity index (χ2v) is 4.79. The van der Waals surface area contributed by atoms with Crippen LogP contribution in [0.15, 0.2) is 60.7 Å². The lowest BCUT2D eigenvalue weighted by Crippen LogP contribution is -2.13. The Kier molecular flexibility index (Phi) is 3.74. The quantitative estimate of drug-likeness (QED) is 0.785. The molecular formula is C18H14FNO2. The number of benzene rings is 3. The Hall–Kier alpha value is -2.88. The molecule has 0 fully saturated rings. The zero-order valence-corrected chi connectivity index (χ0v) is 12.0. The molecule has 0 unspecified atom stereocenters. The summed E-state index contributed by atoms with van der Waals surface area (Å²) in [6, 6.07) is 16.9. The molecule has 3 aromatic rings. The predicted molar refractivity (Wildman–Crippen MR) is 84.9 cm³/mol. The van der Waals surface area contributed by atoms with Gasteiger partial charge in [0.05, 0.1) is 12.8 Å². The number of para-hydroxylation sites is 1. The highest BCUT2D eigenvalue weighted by molar-refractivity contribution is 6.13. The van der Waals surface area contributed by atoms with Gasteiger partial charge in [0.15, 0.2) is 0 Å². The standard InChI is InChI=1S/C18H14FNO2/c1-22-17-11-10-14(12-6-2-3-7-13(12)17)18(21)20-16-9-5-4-8-15(16)19/h2-11H,1H3,(H,20,21). The largest absolute Gasteiger partial charge is 0.496 e. The summed E-state index contributed by atoms with van der Waals surface area (Å²) in [7, 11) is 1.58. The van der Waals surface area contributed by atoms with Gasteiger partial charge in [0.2, 0.25) is 0 Å². The molecule has 3 rings (SSSR count). The van der Waals surface area contributed by atoms with Crippen LogP contribution in [0.1, 0.15) is 10.4 Å². The zero-order chi connectivity index (χ0) is 15.5. The fourth-order valence-corrected chi connectivity index (χ4v) is 2.40. The van der Waals surface area contributed by atoms with Crippen molar-refractivity contribution in [3.63, 3.8) is 0 Å². The van der Waals surface area contributed by atoms with Gasteiger partial charge in [0, 0.05) is 10.9 Å². The minimum Gasteiger partial charge on any atom is -0.496 e. The van der Waals surface area contributed by atoms with Gasteiger partial charge >= 0.3 is 0 Å². The third-order valence-electron chi connectivity index (χ3n) is 3.47. The number of fused-ring (bicyclic) bond motifs is 1. The third-order valence-corrected chi connectivity index (χ3v) is 3.47. The van der Waals surface area contributed by atoms with Gasteiger partial charge in [-0.25, -0.2) is 4.39 Å². The summed E-state index contributed by atoms with van der Waals surface area (Å²) >= 11 is 0. The van der Waals surface area contributed by atoms with Crippen molar-refractivity contribution in [3.05, 3.63) is 72.0 Å². The first kappa shape index (κ1) is 14.1. The first-order valence-electron chi connectivity index (χ1n) is 6.82. The number of carbonyl (C=O) groups is 1. The summed E-state index contributed by atoms with van der Waals surface area (Å²) in [5.41, 5.74) is 0.632. The number of ether oxygens (including phenoxy) is 1. The van der Waals surface area contributed by atoms with Crippen molar-refractivity contribution >= 4 is 22.4 Å². The maximum Gasteiger partial charge on any atom is 0.256 e. The van der Waals surface area contributed by atoms with E-state index in [1.165, 1.54) is 12.1 Å². The molecular weight excluding hydrogens is 281 g/mol. The second kappa shape index (κ2) is 5.85. The lowest BCUT2D eigenvalue weighted by molar-refractivity contribution is 0.102. The Morgan fingerprint density at radius 3 is 2.36 bits per heavy atom. The molecule has 0 aliphatic heterocycles. The summed E-state index contributed by atoms with van der Waals surface area (Å²) in [5, 5.41) is 4.20. The van der Waals surface area contributed by atoms with Crippen LogP contribution in [0.4, 0.5) is 10.1 Å². The maximum absolute atomic E-state index is 13.7. The predicted octanol–water partition coefficient (Wildman–Crippen LogP) is 4.24. The number of amides is 1. The van der Waals surface area contributed by atoms with Crippen LogP contribution in [0.3, 0.4) is 0 Å². The van der Waals surface area contributed by atoms with Crippen LogP contribution in [0.2, 0.25) is 0 Å². The number of hydrogen-bond acceptors (Lipinski definition) is 2. The van der Waals surface area contributed by atoms with Gasteiger partial charge in [-0.15, -0.1) is 0 Å². The Bertz CT molecular complexity index is 845. The van der Waals surface area contributed by atoms with Crippen LogP contribution in [0.25, 0.3) is 10.8 Å². The van der Waals surface area contributed by atoms with Crippen LogP contribution in [-0.2, 0) is 0 Å². The average Bonchev–Trinajstić information content (AvgIpc) is 2.56. The minimum atomic E-state index is -0.464. The third kappa shape index (κ3) is 2.51. The molecule has 0 atom stereocenters. The molecule has 1 amide bonds. The van der Waals surface area contributed by atoms with E-state index in [4.69, 9.17) is 4.74 Å². The Morgan fingerprint density at radius 2 is 1.64 bits per heavy atom. The molecule has 0 spiro atoms. The first-order valence-corrected chi connectivity index (χ1v) is 6.82. The van der Waals surface area contributed by atoms with Crippen molar-refractivity contribution in [1.82, 2.24) is 0 Å². The van der Waals surface area contributed by atoms with E-state index in [0.29, 0.717) is 11.3 Å². The molecule has 0 radical (unpaired) electrons. The van der Waals surface area contributed by atoms with Crippen molar-refractivity contribution in [2.75, 3.05) is 12.4 Å². The maximum atomic E-state index is 13.7. The van der Waals surface area contributed by atoms with Crippen molar-refractivity contribution in [3.8, 4) is 5.75 Å². The van der Waals surface area contributed by atoms with E-state index in [1.54, 1.807) is 31.4 Å². The summed E-state index contributed by atoms with van der Waals surface area (Å²) < 4.78 is 19.0. The van der Waals surface area contributed by atoms with E-state index < -0.39 is 5.82 Å². The number of methoxy groups -OCH3 is 1. The molecule has 0 aromatic heterocycles. The minimum absolute atomic E-state index is 0.160. The average molecular weight is 295 g/mol. The molecule has 22 heavy (non-hydrogen) atoms. The van der Waals surface area contributed by atoms with Crippen molar-refractivity contribution in [2.24, 2.45) is 0 Å². The van der Waals surface area contributed by atoms with Crippen LogP contribution >= 0.6 is 0 Å². The molecule has 0 saturated carbocycles. The molecule has 4 heteroatoms. The molecule has 3 nitrogen and oxygen atoms in total. The first-order chi connectivity index (χ1) is 10.7. The Balaban J connectivity index is 2.03. The smallest absolute Gasteiger partial charge is 0.256 e. The zero-order valence-electron chi connectivity index (χ0n) is 12.0. The molecule has 1 N–H and O–H groups in total. The molecule has 0 aliphatic rings. The highest BCUT2D eigenvalue weighted by atomic mass is 19.1. The fraction of sp³-hybridized carbons (Fsp3) is 0.0556. The van der Waals surface area contributed by atoms with E-state index in [2.05, 4.69) is 5.32 Å². The molecule has 0 saturated heterocycles. The van der Waals surface area contributed by atoms with Crippen LogP contribution in [-0.4, -0.2) is 13.0 Å². The van der Waals surface area contributed by atoms with Gasteiger partial charge in [0.1, 0.15) is 11.6 Å². The van der Waals surface area contributed by atoms with Crippen molar-refractivity contribution in [1.29, 1.82) is 0 Å². The van der Waals surface area contributed by atoms with Gasteiger partial charge in [-0.1, -0.05) is 36.4 Å². The number of carbonyl (C=O) groups excluding carboxylic acids is 1. The molecule has 0 aliphatic carbocycles. The molecule has 3 aromatic carbocycles. The summed E-state index contributed by atoms with van der Waals surface area (Å²) in [4.78, 5) is 12.5. The van der Waals surface area contributed by atoms with Crippen LogP contribution in [0, 0.1) is 5.82 Å². The summed E-state index contributed by atoms with van der Waals surface area (Å²) in [6.07, 6.45) is 0. The lowest BCUT2D eigenvalue weighted by atomic mass is 10.0. The monoisotopic (exact) mass is 295 g/mol. The van der Waals surface area contributed by atoms with Crippen LogP contribution < -0.4 is 10.1 Å². The number of rotatable bonds is 3. The van der Waals surface area contributed by atoms with E-state index in [-0.39, 0.29) is 11.6 Å². The van der Waals surface area contributed by atoms with Crippen molar-refractivity contribution in [2.45, 2.75) is 0 Å². The van der Waals surface area contributed by atoms with Crippen LogP contribution in [0.5, 0.6) is 5.75 Å². The fourth-order valence-electron chi connectivity index (χ4n) is 2.40. The van der Waals surface area contributed by atoms with Crippen molar-refractivity contribution < 1.29 is 13.9 Å². The topological polar surface area (TPSA) is 38.3 Å². The van der Waals surface area contributed by atoms with Gasteiger partial charge in [-0.3, -0.25) is 4.79 Å². The van der Waals surface area contributed by atoms with E-state index in [0.717, 1.165) is 10.8 Å². The number of hydrogen-bond donors (Lipinski definition) is 1. The lowest BCUT2D eigenvalue weighted by Gasteiger charge is -2.11. The Labute approximate surface area is 127 Å². The molecule has 0 bridgehead atoms. The van der Waals surface area contributed by atoms with E-state index in [9.17, 15) is 9.18 Å². The Morgan fingerprint density at radius 1 is 0.955 bits per heavy atom. The SMILES string of the molecule is COc1ccc(C(=O)Nc2ccccc2F)c2ccccc12. The highest BCUT2D eigenvalue weighted by Gasteiger charge is 2.14.